The molecule has 2 aromatic rings. The number of carbonyl (C=O) groups is 1. The summed E-state index contributed by atoms with van der Waals surface area (Å²) in [5.74, 6) is -0.00883. The van der Waals surface area contributed by atoms with Gasteiger partial charge in [0.25, 0.3) is 0 Å². The smallest absolute Gasteiger partial charge is 0.243 e. The molecule has 2 aliphatic heterocycles. The number of fused-ring (bicyclic) bond motifs is 1. The number of benzene rings is 2. The third-order valence-corrected chi connectivity index (χ3v) is 9.12. The number of rotatable bonds is 3. The number of anilines is 1. The van der Waals surface area contributed by atoms with Gasteiger partial charge in [-0.05, 0) is 50.5 Å². The Bertz CT molecular complexity index is 1010. The minimum atomic E-state index is -3.51. The van der Waals surface area contributed by atoms with Crippen LogP contribution in [0.25, 0.3) is 0 Å². The van der Waals surface area contributed by atoms with Gasteiger partial charge in [-0.2, -0.15) is 4.31 Å². The Morgan fingerprint density at radius 1 is 0.967 bits per heavy atom. The summed E-state index contributed by atoms with van der Waals surface area (Å²) in [5.41, 5.74) is 2.02. The van der Waals surface area contributed by atoms with E-state index in [1.807, 2.05) is 53.9 Å². The molecule has 160 valence electrons. The fourth-order valence-corrected chi connectivity index (χ4v) is 6.72. The minimum absolute atomic E-state index is 0.129. The highest BCUT2D eigenvalue weighted by atomic mass is 32.2. The molecular weight excluding hydrogens is 416 g/mol. The van der Waals surface area contributed by atoms with E-state index in [1.165, 1.54) is 4.31 Å². The van der Waals surface area contributed by atoms with Crippen LogP contribution in [0.1, 0.15) is 31.7 Å². The maximum absolute atomic E-state index is 13.4. The summed E-state index contributed by atoms with van der Waals surface area (Å²) in [6.45, 7) is 5.62. The topological polar surface area (TPSA) is 57.7 Å². The predicted molar refractivity (Wildman–Crippen MR) is 121 cm³/mol. The van der Waals surface area contributed by atoms with Gasteiger partial charge in [-0.25, -0.2) is 8.42 Å². The molecule has 5 nitrogen and oxygen atoms in total. The standard InChI is InChI=1S/C23H28N2O3S2/c1-17-7-9-20(10-8-17)30(27,28)24-14-12-19(13-15-24)23(26)25-16-11-18(2)29-22-6-4-3-5-21(22)25/h3-10,18-19H,11-16H2,1-2H3. The molecule has 0 spiro atoms. The first kappa shape index (κ1) is 21.4. The predicted octanol–water partition coefficient (Wildman–Crippen LogP) is 4.31. The van der Waals surface area contributed by atoms with Crippen LogP contribution < -0.4 is 4.90 Å². The van der Waals surface area contributed by atoms with Crippen molar-refractivity contribution in [3.8, 4) is 0 Å². The quantitative estimate of drug-likeness (QED) is 0.708. The molecule has 2 aliphatic rings. The van der Waals surface area contributed by atoms with Crippen LogP contribution in [0.15, 0.2) is 58.3 Å². The van der Waals surface area contributed by atoms with Gasteiger partial charge in [0.05, 0.1) is 10.6 Å². The molecule has 0 radical (unpaired) electrons. The van der Waals surface area contributed by atoms with Gasteiger partial charge in [-0.3, -0.25) is 4.79 Å². The summed E-state index contributed by atoms with van der Waals surface area (Å²) in [7, 11) is -3.51. The Hall–Kier alpha value is -1.83. The normalized spacial score (nSPS) is 21.1. The van der Waals surface area contributed by atoms with E-state index in [9.17, 15) is 13.2 Å². The van der Waals surface area contributed by atoms with Crippen molar-refractivity contribution in [2.75, 3.05) is 24.5 Å². The van der Waals surface area contributed by atoms with Crippen molar-refractivity contribution in [1.29, 1.82) is 0 Å². The molecule has 2 aromatic carbocycles. The highest BCUT2D eigenvalue weighted by molar-refractivity contribution is 8.00. The van der Waals surface area contributed by atoms with Crippen LogP contribution in [0, 0.1) is 12.8 Å². The average Bonchev–Trinajstić information content (AvgIpc) is 2.92. The molecule has 1 amide bonds. The van der Waals surface area contributed by atoms with E-state index in [-0.39, 0.29) is 11.8 Å². The van der Waals surface area contributed by atoms with Gasteiger partial charge in [0.1, 0.15) is 0 Å². The number of nitrogens with zero attached hydrogens (tertiary/aromatic N) is 2. The number of para-hydroxylation sites is 1. The Kier molecular flexibility index (Phi) is 6.23. The largest absolute Gasteiger partial charge is 0.311 e. The molecule has 2 heterocycles. The highest BCUT2D eigenvalue weighted by Gasteiger charge is 2.35. The molecule has 0 aromatic heterocycles. The van der Waals surface area contributed by atoms with Crippen molar-refractivity contribution in [2.24, 2.45) is 5.92 Å². The van der Waals surface area contributed by atoms with Crippen molar-refractivity contribution in [3.63, 3.8) is 0 Å². The number of thioether (sulfide) groups is 1. The molecule has 4 rings (SSSR count). The number of hydrogen-bond acceptors (Lipinski definition) is 4. The maximum atomic E-state index is 13.4. The van der Waals surface area contributed by atoms with Crippen LogP contribution in [-0.4, -0.2) is 43.5 Å². The molecule has 1 atom stereocenters. The molecule has 7 heteroatoms. The summed E-state index contributed by atoms with van der Waals surface area (Å²) in [6, 6.07) is 15.1. The Balaban J connectivity index is 1.47. The number of hydrogen-bond donors (Lipinski definition) is 0. The van der Waals surface area contributed by atoms with Crippen LogP contribution in [0.2, 0.25) is 0 Å². The number of sulfonamides is 1. The second-order valence-electron chi connectivity index (χ2n) is 8.17. The van der Waals surface area contributed by atoms with Crippen LogP contribution in [0.5, 0.6) is 0 Å². The highest BCUT2D eigenvalue weighted by Crippen LogP contribution is 2.38. The Labute approximate surface area is 183 Å². The Morgan fingerprint density at radius 2 is 1.63 bits per heavy atom. The van der Waals surface area contributed by atoms with E-state index in [0.29, 0.717) is 42.6 Å². The van der Waals surface area contributed by atoms with Crippen molar-refractivity contribution >= 4 is 33.4 Å². The lowest BCUT2D eigenvalue weighted by Gasteiger charge is -2.33. The Morgan fingerprint density at radius 3 is 2.33 bits per heavy atom. The van der Waals surface area contributed by atoms with Crippen molar-refractivity contribution in [3.05, 3.63) is 54.1 Å². The fraction of sp³-hybridized carbons (Fsp3) is 0.435. The fourth-order valence-electron chi connectivity index (χ4n) is 4.14. The second-order valence-corrected chi connectivity index (χ2v) is 11.6. The van der Waals surface area contributed by atoms with Crippen LogP contribution in [-0.2, 0) is 14.8 Å². The average molecular weight is 445 g/mol. The molecule has 0 aliphatic carbocycles. The molecule has 0 bridgehead atoms. The molecule has 30 heavy (non-hydrogen) atoms. The van der Waals surface area contributed by atoms with Crippen molar-refractivity contribution in [2.45, 2.75) is 48.2 Å². The van der Waals surface area contributed by atoms with E-state index in [0.717, 1.165) is 22.6 Å². The first-order chi connectivity index (χ1) is 14.4. The van der Waals surface area contributed by atoms with Crippen LogP contribution >= 0.6 is 11.8 Å². The summed E-state index contributed by atoms with van der Waals surface area (Å²) < 4.78 is 27.4. The van der Waals surface area contributed by atoms with Gasteiger partial charge in [-0.15, -0.1) is 11.8 Å². The summed E-state index contributed by atoms with van der Waals surface area (Å²) in [4.78, 5) is 16.8. The maximum Gasteiger partial charge on any atom is 0.243 e. The van der Waals surface area contributed by atoms with E-state index in [4.69, 9.17) is 0 Å². The lowest BCUT2D eigenvalue weighted by molar-refractivity contribution is -0.123. The molecule has 0 N–H and O–H groups in total. The summed E-state index contributed by atoms with van der Waals surface area (Å²) >= 11 is 1.82. The van der Waals surface area contributed by atoms with Gasteiger partial charge in [0.15, 0.2) is 0 Å². The summed E-state index contributed by atoms with van der Waals surface area (Å²) in [5, 5.41) is 0.463. The van der Waals surface area contributed by atoms with E-state index in [1.54, 1.807) is 12.1 Å². The molecule has 1 unspecified atom stereocenters. The first-order valence-electron chi connectivity index (χ1n) is 10.5. The van der Waals surface area contributed by atoms with E-state index >= 15 is 0 Å². The third kappa shape index (κ3) is 4.29. The van der Waals surface area contributed by atoms with Gasteiger partial charge >= 0.3 is 0 Å². The van der Waals surface area contributed by atoms with Crippen molar-refractivity contribution in [1.82, 2.24) is 4.31 Å². The van der Waals surface area contributed by atoms with E-state index < -0.39 is 10.0 Å². The van der Waals surface area contributed by atoms with Gasteiger partial charge in [0, 0.05) is 35.7 Å². The monoisotopic (exact) mass is 444 g/mol. The third-order valence-electron chi connectivity index (χ3n) is 5.97. The van der Waals surface area contributed by atoms with Gasteiger partial charge in [-0.1, -0.05) is 36.8 Å². The van der Waals surface area contributed by atoms with Crippen molar-refractivity contribution < 1.29 is 13.2 Å². The van der Waals surface area contributed by atoms with E-state index in [2.05, 4.69) is 13.0 Å². The SMILES string of the molecule is Cc1ccc(S(=O)(=O)N2CCC(C(=O)N3CCC(C)Sc4ccccc43)CC2)cc1. The molecule has 0 saturated carbocycles. The molecule has 1 saturated heterocycles. The summed E-state index contributed by atoms with van der Waals surface area (Å²) in [6.07, 6.45) is 2.07. The second kappa shape index (κ2) is 8.73. The van der Waals surface area contributed by atoms with Gasteiger partial charge in [0.2, 0.25) is 15.9 Å². The zero-order valence-corrected chi connectivity index (χ0v) is 19.1. The zero-order chi connectivity index (χ0) is 21.3. The minimum Gasteiger partial charge on any atom is -0.311 e. The number of aryl methyl sites for hydroxylation is 1. The zero-order valence-electron chi connectivity index (χ0n) is 17.5. The van der Waals surface area contributed by atoms with Crippen LogP contribution in [0.3, 0.4) is 0 Å². The lowest BCUT2D eigenvalue weighted by atomic mass is 9.96. The van der Waals surface area contributed by atoms with Gasteiger partial charge < -0.3 is 4.90 Å². The van der Waals surface area contributed by atoms with Crippen LogP contribution in [0.4, 0.5) is 5.69 Å². The molecular formula is C23H28N2O3S2. The lowest BCUT2D eigenvalue weighted by Crippen LogP contribution is -2.44. The first-order valence-corrected chi connectivity index (χ1v) is 12.8. The number of carbonyl (C=O) groups excluding carboxylic acids is 1. The number of piperidine rings is 1. The molecule has 1 fully saturated rings. The number of amides is 1.